The Labute approximate surface area is 293 Å². The minimum absolute atomic E-state index is 0.0375. The molecule has 2 aromatic heterocycles. The van der Waals surface area contributed by atoms with Crippen LogP contribution in [0.1, 0.15) is 33.4 Å². The van der Waals surface area contributed by atoms with Crippen LogP contribution in [-0.2, 0) is 46.4 Å². The molecule has 8 atom stereocenters. The predicted octanol–water partition coefficient (Wildman–Crippen LogP) is -1.73. The van der Waals surface area contributed by atoms with Gasteiger partial charge in [0, 0.05) is 30.7 Å². The van der Waals surface area contributed by atoms with Crippen LogP contribution in [-0.4, -0.2) is 129 Å². The molecule has 23 nitrogen and oxygen atoms in total. The second kappa shape index (κ2) is 17.6. The molecule has 2 aromatic rings. The van der Waals surface area contributed by atoms with Crippen molar-refractivity contribution in [1.82, 2.24) is 30.2 Å². The van der Waals surface area contributed by atoms with Gasteiger partial charge in [0.1, 0.15) is 42.2 Å². The number of aromatic nitrogens is 4. The number of aliphatic carboxylic acids is 1. The molecule has 3 rings (SSSR count). The Kier molecular flexibility index (Phi) is 14.6. The topological polar surface area (TPSA) is 354 Å². The van der Waals surface area contributed by atoms with Gasteiger partial charge in [-0.3, -0.25) is 32.8 Å². The quantitative estimate of drug-likeness (QED) is 0.0434. The normalized spacial score (nSPS) is 22.8. The van der Waals surface area contributed by atoms with Gasteiger partial charge in [0.2, 0.25) is 16.9 Å². The third-order valence-electron chi connectivity index (χ3n) is 7.24. The van der Waals surface area contributed by atoms with Gasteiger partial charge in [0.05, 0.1) is 19.5 Å². The number of aliphatic hydroxyl groups excluding tert-OH is 3. The molecule has 1 aliphatic heterocycles. The highest BCUT2D eigenvalue weighted by molar-refractivity contribution is 8.13. The fourth-order valence-electron chi connectivity index (χ4n) is 4.23. The number of imidazole rings is 1. The molecule has 0 saturated carbocycles. The highest BCUT2D eigenvalue weighted by Crippen LogP contribution is 2.61. The molecular weight excluding hydrogens is 748 g/mol. The number of carboxylic acid groups (broad SMARTS) is 1. The SMILES string of the molecule is C[C@H](C(=O)O)C(=O)SCCNC(=O)CCNC(=O)[C@@H](O)C(C)(C)COP(=O)(O)OP(=O)(O)OC[C@H]1O[C@@H](n2cnc3c(N)ncnc32)[C@H](O)[C@@H]1O. The Morgan fingerprint density at radius 2 is 1.75 bits per heavy atom. The molecule has 0 bridgehead atoms. The number of hydrogen-bond acceptors (Lipinski definition) is 18. The van der Waals surface area contributed by atoms with E-state index in [2.05, 4.69) is 29.9 Å². The molecule has 2 amide bonds. The number of carbonyl (C=O) groups is 4. The number of carbonyl (C=O) groups excluding carboxylic acids is 3. The van der Waals surface area contributed by atoms with E-state index in [4.69, 9.17) is 24.6 Å². The van der Waals surface area contributed by atoms with Gasteiger partial charge in [0.15, 0.2) is 17.7 Å². The van der Waals surface area contributed by atoms with Crippen LogP contribution in [0.2, 0.25) is 0 Å². The number of carboxylic acids is 1. The third-order valence-corrected chi connectivity index (χ3v) is 10.9. The number of fused-ring (bicyclic) bond motifs is 1. The molecule has 286 valence electrons. The summed E-state index contributed by atoms with van der Waals surface area (Å²) < 4.78 is 45.5. The number of nitrogens with zero attached hydrogens (tertiary/aromatic N) is 4. The standard InChI is InChI=1S/C25H39N7O16P2S/c1-12(23(38)39)24(40)51-7-6-27-14(33)4-5-28-21(37)18(36)25(2,3)9-46-50(43,44)48-49(41,42)45-8-13-16(34)17(35)22(47-13)32-11-31-15-19(26)29-10-30-20(15)32/h10-13,16-18,22,34-36H,4-9H2,1-3H3,(H,27,33)(H,28,37)(H,38,39)(H,41,42)(H,43,44)(H2,26,29,30)/t12-,13-,16-,17-,18-,22-/m1/s1. The van der Waals surface area contributed by atoms with E-state index in [1.54, 1.807) is 0 Å². The van der Waals surface area contributed by atoms with Gasteiger partial charge in [-0.05, 0) is 6.92 Å². The third kappa shape index (κ3) is 11.7. The second-order valence-electron chi connectivity index (χ2n) is 11.7. The number of ether oxygens (including phenoxy) is 1. The van der Waals surface area contributed by atoms with Crippen LogP contribution in [0.25, 0.3) is 11.2 Å². The lowest BCUT2D eigenvalue weighted by Crippen LogP contribution is -2.46. The zero-order chi connectivity index (χ0) is 38.3. The zero-order valence-corrected chi connectivity index (χ0v) is 29.9. The lowest BCUT2D eigenvalue weighted by molar-refractivity contribution is -0.143. The average molecular weight is 788 g/mol. The number of rotatable bonds is 19. The van der Waals surface area contributed by atoms with Crippen LogP contribution in [0.5, 0.6) is 0 Å². The summed E-state index contributed by atoms with van der Waals surface area (Å²) in [6.45, 7) is 1.79. The molecule has 1 saturated heterocycles. The van der Waals surface area contributed by atoms with E-state index in [0.29, 0.717) is 0 Å². The summed E-state index contributed by atoms with van der Waals surface area (Å²) in [5.74, 6) is -3.80. The first-order valence-electron chi connectivity index (χ1n) is 14.9. The summed E-state index contributed by atoms with van der Waals surface area (Å²) in [5, 5.41) is 44.4. The van der Waals surface area contributed by atoms with Crippen molar-refractivity contribution >= 4 is 67.3 Å². The Morgan fingerprint density at radius 3 is 2.41 bits per heavy atom. The molecular formula is C25H39N7O16P2S. The molecule has 0 spiro atoms. The number of thioether (sulfide) groups is 1. The van der Waals surface area contributed by atoms with Crippen LogP contribution in [0.15, 0.2) is 12.7 Å². The van der Waals surface area contributed by atoms with Crippen LogP contribution >= 0.6 is 27.4 Å². The van der Waals surface area contributed by atoms with Crippen molar-refractivity contribution in [2.45, 2.75) is 57.8 Å². The number of amides is 2. The number of phosphoric ester groups is 2. The van der Waals surface area contributed by atoms with Gasteiger partial charge in [-0.15, -0.1) is 0 Å². The fraction of sp³-hybridized carbons (Fsp3) is 0.640. The van der Waals surface area contributed by atoms with Crippen molar-refractivity contribution in [3.05, 3.63) is 12.7 Å². The molecule has 3 heterocycles. The van der Waals surface area contributed by atoms with Crippen molar-refractivity contribution in [2.24, 2.45) is 11.3 Å². The fourth-order valence-corrected chi connectivity index (χ4v) is 7.24. The van der Waals surface area contributed by atoms with E-state index in [9.17, 15) is 53.4 Å². The summed E-state index contributed by atoms with van der Waals surface area (Å²) in [6.07, 6.45) is -5.78. The zero-order valence-electron chi connectivity index (χ0n) is 27.3. The summed E-state index contributed by atoms with van der Waals surface area (Å²) in [5.41, 5.74) is 4.49. The van der Waals surface area contributed by atoms with E-state index < -0.39 is 93.7 Å². The maximum atomic E-state index is 12.5. The van der Waals surface area contributed by atoms with E-state index in [0.717, 1.165) is 18.1 Å². The largest absolute Gasteiger partial charge is 0.481 e. The Bertz CT molecular complexity index is 1680. The number of anilines is 1. The summed E-state index contributed by atoms with van der Waals surface area (Å²) in [6, 6.07) is 0. The molecule has 26 heteroatoms. The molecule has 10 N–H and O–H groups in total. The minimum atomic E-state index is -5.40. The van der Waals surface area contributed by atoms with Crippen molar-refractivity contribution in [3.63, 3.8) is 0 Å². The summed E-state index contributed by atoms with van der Waals surface area (Å²) >= 11 is 0.744. The predicted molar refractivity (Wildman–Crippen MR) is 173 cm³/mol. The molecule has 1 aliphatic rings. The number of nitrogens with two attached hydrogens (primary N) is 1. The highest BCUT2D eigenvalue weighted by Gasteiger charge is 2.46. The van der Waals surface area contributed by atoms with E-state index >= 15 is 0 Å². The minimum Gasteiger partial charge on any atom is -0.481 e. The second-order valence-corrected chi connectivity index (χ2v) is 15.9. The first-order chi connectivity index (χ1) is 23.7. The molecule has 0 aromatic carbocycles. The molecule has 0 radical (unpaired) electrons. The molecule has 1 fully saturated rings. The van der Waals surface area contributed by atoms with E-state index in [1.807, 2.05) is 0 Å². The lowest BCUT2D eigenvalue weighted by atomic mass is 9.87. The van der Waals surface area contributed by atoms with Gasteiger partial charge in [-0.25, -0.2) is 24.1 Å². The lowest BCUT2D eigenvalue weighted by Gasteiger charge is -2.30. The Hall–Kier alpha value is -3.12. The first-order valence-corrected chi connectivity index (χ1v) is 18.9. The van der Waals surface area contributed by atoms with Gasteiger partial charge >= 0.3 is 21.6 Å². The van der Waals surface area contributed by atoms with Crippen LogP contribution in [0.4, 0.5) is 5.82 Å². The Balaban J connectivity index is 1.42. The highest BCUT2D eigenvalue weighted by atomic mass is 32.2. The molecule has 2 unspecified atom stereocenters. The van der Waals surface area contributed by atoms with Crippen molar-refractivity contribution < 1.29 is 76.6 Å². The van der Waals surface area contributed by atoms with Gasteiger partial charge in [0.25, 0.3) is 0 Å². The average Bonchev–Trinajstić information content (AvgIpc) is 3.60. The monoisotopic (exact) mass is 787 g/mol. The smallest absolute Gasteiger partial charge is 0.481 e. The Morgan fingerprint density at radius 1 is 1.08 bits per heavy atom. The number of aliphatic hydroxyl groups is 3. The number of hydrogen-bond donors (Lipinski definition) is 9. The first kappa shape index (κ1) is 42.3. The van der Waals surface area contributed by atoms with Gasteiger partial charge in [-0.1, -0.05) is 25.6 Å². The van der Waals surface area contributed by atoms with Crippen molar-refractivity contribution in [2.75, 3.05) is 37.8 Å². The number of nitrogen functional groups attached to an aromatic ring is 1. The van der Waals surface area contributed by atoms with Gasteiger partial charge in [-0.2, -0.15) is 4.31 Å². The maximum absolute atomic E-state index is 12.5. The van der Waals surface area contributed by atoms with E-state index in [1.165, 1.54) is 31.7 Å². The van der Waals surface area contributed by atoms with Gasteiger partial charge < -0.3 is 51.3 Å². The van der Waals surface area contributed by atoms with Crippen molar-refractivity contribution in [3.8, 4) is 0 Å². The van der Waals surface area contributed by atoms with Crippen LogP contribution < -0.4 is 16.4 Å². The van der Waals surface area contributed by atoms with Crippen LogP contribution in [0.3, 0.4) is 0 Å². The number of phosphoric acid groups is 2. The summed E-state index contributed by atoms with van der Waals surface area (Å²) in [7, 11) is -10.8. The molecule has 0 aliphatic carbocycles. The molecule has 51 heavy (non-hydrogen) atoms. The van der Waals surface area contributed by atoms with Crippen molar-refractivity contribution in [1.29, 1.82) is 0 Å². The van der Waals surface area contributed by atoms with Crippen LogP contribution in [0, 0.1) is 11.3 Å². The number of nitrogens with one attached hydrogen (secondary N) is 2. The maximum Gasteiger partial charge on any atom is 0.481 e. The van der Waals surface area contributed by atoms with E-state index in [-0.39, 0.29) is 42.2 Å². The summed E-state index contributed by atoms with van der Waals surface area (Å²) in [4.78, 5) is 78.8.